The molecule has 4 aliphatic carbocycles. The maximum absolute atomic E-state index is 12.7. The second-order valence-corrected chi connectivity index (χ2v) is 15.1. The molecule has 0 radical (unpaired) electrons. The van der Waals surface area contributed by atoms with Crippen molar-refractivity contribution in [2.45, 2.75) is 143 Å². The molecule has 4 rings (SSSR count). The first-order valence-corrected chi connectivity index (χ1v) is 16.5. The number of allylic oxidation sites excluding steroid dienone is 1. The molecule has 8 atom stereocenters. The van der Waals surface area contributed by atoms with E-state index in [9.17, 15) is 14.4 Å². The van der Waals surface area contributed by atoms with Gasteiger partial charge in [0.05, 0.1) is 0 Å². The van der Waals surface area contributed by atoms with Crippen LogP contribution in [0.1, 0.15) is 137 Å². The third-order valence-corrected chi connectivity index (χ3v) is 12.2. The number of carbonyl (C=O) groups excluding carboxylic acids is 2. The van der Waals surface area contributed by atoms with Gasteiger partial charge in [0.2, 0.25) is 0 Å². The topological polar surface area (TPSA) is 80.7 Å². The largest absolute Gasteiger partial charge is 0.481 e. The van der Waals surface area contributed by atoms with Crippen molar-refractivity contribution in [2.24, 2.45) is 46.3 Å². The number of ether oxygens (including phenoxy) is 1. The van der Waals surface area contributed by atoms with E-state index < -0.39 is 11.6 Å². The fourth-order valence-electron chi connectivity index (χ4n) is 10.0. The Hall–Kier alpha value is -1.65. The molecule has 0 aromatic rings. The lowest BCUT2D eigenvalue weighted by Crippen LogP contribution is -2.53. The summed E-state index contributed by atoms with van der Waals surface area (Å²) in [5.74, 6) is 3.57. The zero-order valence-electron chi connectivity index (χ0n) is 26.0. The molecule has 40 heavy (non-hydrogen) atoms. The van der Waals surface area contributed by atoms with Crippen LogP contribution in [0.2, 0.25) is 0 Å². The number of unbranched alkanes of at least 4 members (excludes halogenated alkanes) is 1. The molecule has 0 aliphatic heterocycles. The summed E-state index contributed by atoms with van der Waals surface area (Å²) in [4.78, 5) is 35.3. The second-order valence-electron chi connectivity index (χ2n) is 15.1. The lowest BCUT2D eigenvalue weighted by Gasteiger charge is -2.59. The molecular formula is C35H56O5. The molecule has 4 aliphatic rings. The van der Waals surface area contributed by atoms with E-state index in [4.69, 9.17) is 9.84 Å². The fraction of sp³-hybridized carbons (Fsp3) is 0.857. The Bertz CT molecular complexity index is 953. The zero-order valence-corrected chi connectivity index (χ0v) is 26.0. The van der Waals surface area contributed by atoms with Gasteiger partial charge in [-0.3, -0.25) is 9.59 Å². The Kier molecular flexibility index (Phi) is 9.93. The van der Waals surface area contributed by atoms with E-state index in [2.05, 4.69) is 40.7 Å². The first-order chi connectivity index (χ1) is 18.9. The highest BCUT2D eigenvalue weighted by atomic mass is 16.6. The molecule has 0 aromatic carbocycles. The molecule has 0 aromatic heterocycles. The molecule has 5 heteroatoms. The van der Waals surface area contributed by atoms with Crippen LogP contribution in [0.4, 0.5) is 0 Å². The molecule has 0 heterocycles. The highest BCUT2D eigenvalue weighted by Crippen LogP contribution is 2.68. The summed E-state index contributed by atoms with van der Waals surface area (Å²) in [5.41, 5.74) is 1.27. The monoisotopic (exact) mass is 556 g/mol. The van der Waals surface area contributed by atoms with Crippen molar-refractivity contribution in [3.05, 3.63) is 11.6 Å². The van der Waals surface area contributed by atoms with E-state index in [1.165, 1.54) is 50.5 Å². The third kappa shape index (κ3) is 6.38. The molecule has 0 saturated heterocycles. The predicted octanol–water partition coefficient (Wildman–Crippen LogP) is 8.54. The average Bonchev–Trinajstić information content (AvgIpc) is 3.24. The minimum absolute atomic E-state index is 0.0678. The van der Waals surface area contributed by atoms with Gasteiger partial charge in [0.15, 0.2) is 0 Å². The van der Waals surface area contributed by atoms with Crippen LogP contribution in [-0.4, -0.2) is 28.9 Å². The number of carbonyl (C=O) groups is 3. The van der Waals surface area contributed by atoms with Gasteiger partial charge in [0, 0.05) is 25.7 Å². The van der Waals surface area contributed by atoms with Crippen molar-refractivity contribution in [1.29, 1.82) is 0 Å². The van der Waals surface area contributed by atoms with Crippen molar-refractivity contribution < 1.29 is 24.2 Å². The number of hydrogen-bond donors (Lipinski definition) is 1. The smallest absolute Gasteiger partial charge is 0.306 e. The third-order valence-electron chi connectivity index (χ3n) is 12.2. The van der Waals surface area contributed by atoms with Crippen LogP contribution < -0.4 is 0 Å². The normalized spacial score (nSPS) is 37.6. The molecular weight excluding hydrogens is 500 g/mol. The van der Waals surface area contributed by atoms with Gasteiger partial charge in [-0.15, -0.1) is 0 Å². The highest BCUT2D eigenvalue weighted by molar-refractivity contribution is 5.71. The summed E-state index contributed by atoms with van der Waals surface area (Å²) in [6.45, 7) is 12.3. The van der Waals surface area contributed by atoms with Gasteiger partial charge in [-0.2, -0.15) is 0 Å². The Labute approximate surface area is 243 Å². The maximum atomic E-state index is 12.7. The van der Waals surface area contributed by atoms with E-state index in [0.29, 0.717) is 30.6 Å². The number of rotatable bonds is 13. The van der Waals surface area contributed by atoms with Crippen molar-refractivity contribution in [3.8, 4) is 0 Å². The minimum atomic E-state index is -0.841. The van der Waals surface area contributed by atoms with Crippen molar-refractivity contribution in [2.75, 3.05) is 0 Å². The number of esters is 1. The molecule has 4 unspecified atom stereocenters. The van der Waals surface area contributed by atoms with E-state index in [-0.39, 0.29) is 30.6 Å². The Morgan fingerprint density at radius 3 is 2.45 bits per heavy atom. The number of aldehydes is 1. The van der Waals surface area contributed by atoms with E-state index in [0.717, 1.165) is 55.1 Å². The molecule has 0 bridgehead atoms. The van der Waals surface area contributed by atoms with Crippen LogP contribution >= 0.6 is 0 Å². The van der Waals surface area contributed by atoms with Crippen LogP contribution in [0, 0.1) is 46.3 Å². The van der Waals surface area contributed by atoms with Crippen LogP contribution in [0.25, 0.3) is 0 Å². The maximum Gasteiger partial charge on any atom is 0.306 e. The van der Waals surface area contributed by atoms with Gasteiger partial charge in [0.1, 0.15) is 11.9 Å². The van der Waals surface area contributed by atoms with Gasteiger partial charge in [-0.1, -0.05) is 65.5 Å². The van der Waals surface area contributed by atoms with Crippen LogP contribution in [-0.2, 0) is 19.1 Å². The molecule has 0 spiro atoms. The number of carboxylic acid groups (broad SMARTS) is 1. The molecule has 5 nitrogen and oxygen atoms in total. The Morgan fingerprint density at radius 2 is 1.75 bits per heavy atom. The van der Waals surface area contributed by atoms with Gasteiger partial charge < -0.3 is 14.6 Å². The van der Waals surface area contributed by atoms with Crippen LogP contribution in [0.15, 0.2) is 11.6 Å². The predicted molar refractivity (Wildman–Crippen MR) is 159 cm³/mol. The number of hydrogen-bond acceptors (Lipinski definition) is 4. The first kappa shape index (κ1) is 31.3. The summed E-state index contributed by atoms with van der Waals surface area (Å²) >= 11 is 0. The highest BCUT2D eigenvalue weighted by Gasteiger charge is 2.60. The SMILES string of the molecule is CC(C)CCC[C@@H](C)[C@H]1CCC2C3CC=C4CC(CC=O)(OC(=O)CCCCC(=O)O)CC[C@]4(C)C3CC[C@@]21C. The fourth-order valence-corrected chi connectivity index (χ4v) is 10.0. The quantitative estimate of drug-likeness (QED) is 0.106. The number of aliphatic carboxylic acids is 1. The van der Waals surface area contributed by atoms with Crippen LogP contribution in [0.5, 0.6) is 0 Å². The van der Waals surface area contributed by atoms with Gasteiger partial charge >= 0.3 is 11.9 Å². The summed E-state index contributed by atoms with van der Waals surface area (Å²) in [6, 6.07) is 0. The molecule has 3 fully saturated rings. The lowest BCUT2D eigenvalue weighted by atomic mass is 9.46. The summed E-state index contributed by atoms with van der Waals surface area (Å²) < 4.78 is 6.07. The van der Waals surface area contributed by atoms with Crippen molar-refractivity contribution in [1.82, 2.24) is 0 Å². The Morgan fingerprint density at radius 1 is 1.00 bits per heavy atom. The number of carboxylic acids is 1. The van der Waals surface area contributed by atoms with Gasteiger partial charge in [-0.25, -0.2) is 0 Å². The second kappa shape index (κ2) is 12.7. The minimum Gasteiger partial charge on any atom is -0.481 e. The molecule has 226 valence electrons. The van der Waals surface area contributed by atoms with Crippen LogP contribution in [0.3, 0.4) is 0 Å². The van der Waals surface area contributed by atoms with Gasteiger partial charge in [-0.05, 0) is 104 Å². The first-order valence-electron chi connectivity index (χ1n) is 16.5. The van der Waals surface area contributed by atoms with E-state index in [1.807, 2.05) is 0 Å². The number of fused-ring (bicyclic) bond motifs is 5. The van der Waals surface area contributed by atoms with Gasteiger partial charge in [0.25, 0.3) is 0 Å². The van der Waals surface area contributed by atoms with Crippen molar-refractivity contribution >= 4 is 18.2 Å². The van der Waals surface area contributed by atoms with E-state index in [1.54, 1.807) is 0 Å². The molecule has 0 amide bonds. The average molecular weight is 557 g/mol. The lowest BCUT2D eigenvalue weighted by molar-refractivity contribution is -0.166. The Balaban J connectivity index is 1.43. The summed E-state index contributed by atoms with van der Waals surface area (Å²) in [6.07, 6.45) is 17.9. The standard InChI is InChI=1S/C35H56O5/c1-24(2)9-8-10-25(3)28-15-16-29-27-14-13-26-23-35(21-22-36,40-32(39)12-7-6-11-31(37)38)20-19-33(26,4)30(27)17-18-34(28,29)5/h13,22,24-25,27-30H,6-12,14-21,23H2,1-5H3,(H,37,38)/t25-,27?,28-,29?,30?,33+,34-,35?/m1/s1. The zero-order chi connectivity index (χ0) is 29.1. The molecule has 1 N–H and O–H groups in total. The van der Waals surface area contributed by atoms with Crippen molar-refractivity contribution in [3.63, 3.8) is 0 Å². The summed E-state index contributed by atoms with van der Waals surface area (Å²) in [7, 11) is 0. The summed E-state index contributed by atoms with van der Waals surface area (Å²) in [5, 5.41) is 8.86. The molecule has 3 saturated carbocycles. The van der Waals surface area contributed by atoms with E-state index >= 15 is 0 Å².